The van der Waals surface area contributed by atoms with E-state index >= 15 is 0 Å². The second-order valence-corrected chi connectivity index (χ2v) is 8.85. The van der Waals surface area contributed by atoms with Crippen LogP contribution in [0, 0.1) is 5.92 Å². The molecule has 1 aromatic carbocycles. The van der Waals surface area contributed by atoms with Crippen molar-refractivity contribution in [3.05, 3.63) is 41.7 Å². The van der Waals surface area contributed by atoms with Crippen LogP contribution in [0.4, 0.5) is 0 Å². The molecule has 0 spiro atoms. The Labute approximate surface area is 222 Å². The molecule has 4 N–H and O–H groups in total. The van der Waals surface area contributed by atoms with E-state index in [-0.39, 0.29) is 36.1 Å². The lowest BCUT2D eigenvalue weighted by Crippen LogP contribution is -2.47. The van der Waals surface area contributed by atoms with Gasteiger partial charge in [0, 0.05) is 5.56 Å². The maximum atomic E-state index is 12.9. The summed E-state index contributed by atoms with van der Waals surface area (Å²) in [6.07, 6.45) is 4.53. The van der Waals surface area contributed by atoms with E-state index in [1.165, 1.54) is 18.2 Å². The summed E-state index contributed by atoms with van der Waals surface area (Å²) in [5.41, 5.74) is 0.459. The van der Waals surface area contributed by atoms with E-state index in [4.69, 9.17) is 9.15 Å². The number of benzene rings is 1. The lowest BCUT2D eigenvalue weighted by Gasteiger charge is -2.29. The molecule has 0 fully saturated rings. The average molecular weight is 532 g/mol. The van der Waals surface area contributed by atoms with Gasteiger partial charge in [0.2, 0.25) is 12.3 Å². The molecule has 2 unspecified atom stereocenters. The van der Waals surface area contributed by atoms with Gasteiger partial charge >= 0.3 is 5.97 Å². The number of hydrogen-bond acceptors (Lipinski definition) is 7. The first-order chi connectivity index (χ1) is 18.2. The molecular weight excluding hydrogens is 494 g/mol. The van der Waals surface area contributed by atoms with Crippen molar-refractivity contribution < 1.29 is 38.6 Å². The van der Waals surface area contributed by atoms with E-state index in [0.29, 0.717) is 35.8 Å². The zero-order valence-electron chi connectivity index (χ0n) is 22.1. The zero-order chi connectivity index (χ0) is 28.1. The van der Waals surface area contributed by atoms with Gasteiger partial charge in [0.25, 0.3) is 5.91 Å². The van der Waals surface area contributed by atoms with Crippen molar-refractivity contribution >= 4 is 24.2 Å². The van der Waals surface area contributed by atoms with Gasteiger partial charge in [0.15, 0.2) is 5.76 Å². The van der Waals surface area contributed by atoms with Crippen LogP contribution in [-0.4, -0.2) is 58.9 Å². The van der Waals surface area contributed by atoms with E-state index in [0.717, 1.165) is 25.7 Å². The summed E-state index contributed by atoms with van der Waals surface area (Å²) >= 11 is 0. The van der Waals surface area contributed by atoms with Crippen LogP contribution >= 0.6 is 0 Å². The Bertz CT molecular complexity index is 1080. The number of hydroxylamine groups is 2. The maximum Gasteiger partial charge on any atom is 0.335 e. The lowest BCUT2D eigenvalue weighted by atomic mass is 9.90. The number of amides is 3. The summed E-state index contributed by atoms with van der Waals surface area (Å²) in [4.78, 5) is 48.1. The van der Waals surface area contributed by atoms with Crippen molar-refractivity contribution in [2.24, 2.45) is 5.92 Å². The minimum absolute atomic E-state index is 0.0219. The molecule has 2 rings (SSSR count). The Morgan fingerprint density at radius 2 is 1.84 bits per heavy atom. The van der Waals surface area contributed by atoms with Crippen LogP contribution in [-0.2, 0) is 9.59 Å². The van der Waals surface area contributed by atoms with E-state index in [9.17, 15) is 29.5 Å². The summed E-state index contributed by atoms with van der Waals surface area (Å²) in [5, 5.41) is 25.1. The number of hydrogen-bond donors (Lipinski definition) is 4. The zero-order valence-corrected chi connectivity index (χ0v) is 22.1. The fourth-order valence-corrected chi connectivity index (χ4v) is 4.06. The van der Waals surface area contributed by atoms with Crippen LogP contribution in [0.5, 0.6) is 5.75 Å². The largest absolute Gasteiger partial charge is 0.494 e. The predicted octanol–water partition coefficient (Wildman–Crippen LogP) is 4.06. The van der Waals surface area contributed by atoms with Crippen molar-refractivity contribution in [2.45, 2.75) is 65.3 Å². The van der Waals surface area contributed by atoms with Gasteiger partial charge in [-0.15, -0.1) is 0 Å². The van der Waals surface area contributed by atoms with E-state index in [1.807, 2.05) is 13.8 Å². The second-order valence-electron chi connectivity index (χ2n) is 8.85. The highest BCUT2D eigenvalue weighted by molar-refractivity contribution is 5.93. The fraction of sp³-hybridized carbons (Fsp3) is 0.481. The van der Waals surface area contributed by atoms with E-state index in [1.54, 1.807) is 19.1 Å². The highest BCUT2D eigenvalue weighted by Crippen LogP contribution is 2.28. The van der Waals surface area contributed by atoms with Crippen molar-refractivity contribution in [3.63, 3.8) is 0 Å². The molecule has 0 aliphatic heterocycles. The number of nitrogens with zero attached hydrogens (tertiary/aromatic N) is 1. The first-order valence-corrected chi connectivity index (χ1v) is 12.8. The Morgan fingerprint density at radius 3 is 2.47 bits per heavy atom. The first-order valence-electron chi connectivity index (χ1n) is 12.8. The number of aromatic carboxylic acids is 1. The third-order valence-corrected chi connectivity index (χ3v) is 6.04. The average Bonchev–Trinajstić information content (AvgIpc) is 3.41. The highest BCUT2D eigenvalue weighted by Gasteiger charge is 2.30. The molecule has 3 amide bonds. The number of rotatable bonds is 17. The second kappa shape index (κ2) is 15.4. The highest BCUT2D eigenvalue weighted by atomic mass is 16.5. The van der Waals surface area contributed by atoms with Gasteiger partial charge in [0.05, 0.1) is 30.8 Å². The molecule has 11 heteroatoms. The summed E-state index contributed by atoms with van der Waals surface area (Å²) in [6, 6.07) is 6.79. The van der Waals surface area contributed by atoms with E-state index in [2.05, 4.69) is 10.6 Å². The van der Waals surface area contributed by atoms with Crippen molar-refractivity contribution in [2.75, 3.05) is 13.3 Å². The summed E-state index contributed by atoms with van der Waals surface area (Å²) in [5.74, 6) is -2.11. The normalized spacial score (nSPS) is 12.3. The van der Waals surface area contributed by atoms with Crippen molar-refractivity contribution in [1.29, 1.82) is 0 Å². The third-order valence-electron chi connectivity index (χ3n) is 6.04. The number of carbonyl (C=O) groups is 4. The molecule has 2 aromatic rings. The number of carbonyl (C=O) groups excluding carboxylic acids is 3. The van der Waals surface area contributed by atoms with Crippen molar-refractivity contribution in [3.8, 4) is 17.1 Å². The minimum Gasteiger partial charge on any atom is -0.494 e. The van der Waals surface area contributed by atoms with Crippen LogP contribution in [0.1, 0.15) is 80.2 Å². The van der Waals surface area contributed by atoms with Gasteiger partial charge in [-0.3, -0.25) is 19.6 Å². The van der Waals surface area contributed by atoms with Crippen LogP contribution in [0.15, 0.2) is 34.7 Å². The Balaban J connectivity index is 2.06. The molecule has 0 saturated heterocycles. The van der Waals surface area contributed by atoms with Crippen LogP contribution in [0.2, 0.25) is 0 Å². The molecule has 2 atom stereocenters. The summed E-state index contributed by atoms with van der Waals surface area (Å²) in [6.45, 7) is 5.98. The SMILES string of the molecule is CCCCCC(C(=O)NCNC(=O)c1ccc(-c2cc(OCCC)cc(C(=O)O)c2)o1)C(CC)N(O)C=O. The van der Waals surface area contributed by atoms with Gasteiger partial charge in [-0.2, -0.15) is 0 Å². The van der Waals surface area contributed by atoms with Gasteiger partial charge in [-0.1, -0.05) is 40.0 Å². The number of carboxylic acids is 1. The first kappa shape index (κ1) is 30.4. The smallest absolute Gasteiger partial charge is 0.335 e. The molecule has 208 valence electrons. The third kappa shape index (κ3) is 8.62. The molecule has 0 aliphatic rings. The maximum absolute atomic E-state index is 12.9. The number of carboxylic acid groups (broad SMARTS) is 1. The van der Waals surface area contributed by atoms with Gasteiger partial charge in [-0.05, 0) is 49.6 Å². The predicted molar refractivity (Wildman–Crippen MR) is 139 cm³/mol. The van der Waals surface area contributed by atoms with E-state index < -0.39 is 23.8 Å². The Kier molecular flexibility index (Phi) is 12.3. The molecule has 1 aromatic heterocycles. The van der Waals surface area contributed by atoms with Crippen LogP contribution in [0.3, 0.4) is 0 Å². The number of furan rings is 1. The van der Waals surface area contributed by atoms with Crippen molar-refractivity contribution in [1.82, 2.24) is 15.7 Å². The van der Waals surface area contributed by atoms with Gasteiger partial charge in [0.1, 0.15) is 11.5 Å². The molecule has 0 bridgehead atoms. The minimum atomic E-state index is -1.12. The fourth-order valence-electron chi connectivity index (χ4n) is 4.06. The monoisotopic (exact) mass is 531 g/mol. The molecular formula is C27H37N3O8. The van der Waals surface area contributed by atoms with Crippen LogP contribution in [0.25, 0.3) is 11.3 Å². The number of ether oxygens (including phenoxy) is 1. The molecule has 1 heterocycles. The number of unbranched alkanes of at least 4 members (excludes halogenated alkanes) is 2. The standard InChI is InChI=1S/C27H37N3O8/c1-4-7-8-9-21(22(6-3)30(36)17-31)25(32)28-16-29-26(33)24-11-10-23(38-24)18-13-19(27(34)35)15-20(14-18)37-12-5-2/h10-11,13-15,17,21-22,36H,4-9,12,16H2,1-3H3,(H,28,32)(H,29,33)(H,34,35). The Morgan fingerprint density at radius 1 is 1.08 bits per heavy atom. The molecule has 0 aliphatic carbocycles. The molecule has 11 nitrogen and oxygen atoms in total. The van der Waals surface area contributed by atoms with Gasteiger partial charge in [-0.25, -0.2) is 9.86 Å². The van der Waals surface area contributed by atoms with Gasteiger partial charge < -0.3 is 24.9 Å². The lowest BCUT2D eigenvalue weighted by molar-refractivity contribution is -0.168. The summed E-state index contributed by atoms with van der Waals surface area (Å²) in [7, 11) is 0. The molecule has 0 saturated carbocycles. The van der Waals surface area contributed by atoms with Crippen LogP contribution < -0.4 is 15.4 Å². The molecule has 0 radical (unpaired) electrons. The number of nitrogens with one attached hydrogen (secondary N) is 2. The summed E-state index contributed by atoms with van der Waals surface area (Å²) < 4.78 is 11.2. The topological polar surface area (TPSA) is 158 Å². The quantitative estimate of drug-likeness (QED) is 0.0782. The Hall–Kier alpha value is -3.86. The molecule has 38 heavy (non-hydrogen) atoms.